The number of methoxy groups -OCH3 is 2. The van der Waals surface area contributed by atoms with Crippen molar-refractivity contribution in [2.45, 2.75) is 13.0 Å². The zero-order valence-corrected chi connectivity index (χ0v) is 18.6. The summed E-state index contributed by atoms with van der Waals surface area (Å²) in [4.78, 5) is 28.2. The Bertz CT molecular complexity index is 919. The van der Waals surface area contributed by atoms with Crippen molar-refractivity contribution in [2.24, 2.45) is 0 Å². The lowest BCUT2D eigenvalue weighted by Gasteiger charge is -2.22. The van der Waals surface area contributed by atoms with E-state index in [2.05, 4.69) is 10.2 Å². The zero-order valence-electron chi connectivity index (χ0n) is 18.6. The van der Waals surface area contributed by atoms with Gasteiger partial charge in [-0.05, 0) is 36.2 Å². The lowest BCUT2D eigenvalue weighted by atomic mass is 10.1. The van der Waals surface area contributed by atoms with E-state index >= 15 is 0 Å². The van der Waals surface area contributed by atoms with E-state index in [-0.39, 0.29) is 11.6 Å². The highest BCUT2D eigenvalue weighted by atomic mass is 16.6. The van der Waals surface area contributed by atoms with Crippen LogP contribution >= 0.6 is 0 Å². The second-order valence-corrected chi connectivity index (χ2v) is 7.68. The Kier molecular flexibility index (Phi) is 8.41. The monoisotopic (exact) mass is 442 g/mol. The summed E-state index contributed by atoms with van der Waals surface area (Å²) in [7, 11) is 3.21. The van der Waals surface area contributed by atoms with E-state index in [1.165, 1.54) is 11.6 Å². The second-order valence-electron chi connectivity index (χ2n) is 7.68. The first kappa shape index (κ1) is 23.5. The Morgan fingerprint density at radius 2 is 1.88 bits per heavy atom. The molecule has 32 heavy (non-hydrogen) atoms. The summed E-state index contributed by atoms with van der Waals surface area (Å²) in [6, 6.07) is 12.6. The third kappa shape index (κ3) is 6.18. The second kappa shape index (κ2) is 11.4. The Morgan fingerprint density at radius 3 is 2.56 bits per heavy atom. The fraction of sp³-hybridized carbons (Fsp3) is 0.435. The van der Waals surface area contributed by atoms with Gasteiger partial charge in [0.15, 0.2) is 0 Å². The normalized spacial score (nSPS) is 14.6. The van der Waals surface area contributed by atoms with Crippen LogP contribution in [0, 0.1) is 10.1 Å². The highest BCUT2D eigenvalue weighted by molar-refractivity contribution is 5.95. The van der Waals surface area contributed by atoms with Crippen LogP contribution in [-0.4, -0.2) is 74.2 Å². The standard InChI is InChI=1S/C23H30N4O5/c1-31-15-10-24-21-9-6-19(16-22(21)27(29)30)23(28)26-12-3-11-25(13-14-26)17-18-4-7-20(32-2)8-5-18/h4-9,16,24H,3,10-15,17H2,1-2H3. The van der Waals surface area contributed by atoms with Crippen LogP contribution in [0.15, 0.2) is 42.5 Å². The molecule has 0 aliphatic carbocycles. The molecule has 1 saturated heterocycles. The molecule has 3 rings (SSSR count). The van der Waals surface area contributed by atoms with Crippen LogP contribution < -0.4 is 10.1 Å². The summed E-state index contributed by atoms with van der Waals surface area (Å²) in [6.07, 6.45) is 0.848. The quantitative estimate of drug-likeness (QED) is 0.362. The molecule has 0 bridgehead atoms. The van der Waals surface area contributed by atoms with E-state index in [4.69, 9.17) is 9.47 Å². The topological polar surface area (TPSA) is 97.2 Å². The van der Waals surface area contributed by atoms with Crippen LogP contribution in [0.25, 0.3) is 0 Å². The number of hydrogen-bond acceptors (Lipinski definition) is 7. The largest absolute Gasteiger partial charge is 0.497 e. The molecule has 0 radical (unpaired) electrons. The molecule has 0 saturated carbocycles. The van der Waals surface area contributed by atoms with Gasteiger partial charge in [-0.2, -0.15) is 0 Å². The number of amides is 1. The van der Waals surface area contributed by atoms with E-state index in [9.17, 15) is 14.9 Å². The van der Waals surface area contributed by atoms with Crippen molar-refractivity contribution in [3.05, 3.63) is 63.7 Å². The van der Waals surface area contributed by atoms with Crippen molar-refractivity contribution in [2.75, 3.05) is 58.9 Å². The SMILES string of the molecule is COCCNc1ccc(C(=O)N2CCCN(Cc3ccc(OC)cc3)CC2)cc1[N+](=O)[O-]. The molecule has 1 amide bonds. The number of benzene rings is 2. The number of rotatable bonds is 9. The summed E-state index contributed by atoms with van der Waals surface area (Å²) < 4.78 is 10.2. The predicted octanol–water partition coefficient (Wildman–Crippen LogP) is 3.01. The number of carbonyl (C=O) groups is 1. The molecule has 2 aromatic rings. The van der Waals surface area contributed by atoms with Crippen molar-refractivity contribution in [1.29, 1.82) is 0 Å². The van der Waals surface area contributed by atoms with E-state index in [1.807, 2.05) is 24.3 Å². The van der Waals surface area contributed by atoms with Crippen LogP contribution in [0.1, 0.15) is 22.3 Å². The maximum Gasteiger partial charge on any atom is 0.293 e. The first-order valence-electron chi connectivity index (χ1n) is 10.7. The smallest absolute Gasteiger partial charge is 0.293 e. The van der Waals surface area contributed by atoms with Gasteiger partial charge in [0.1, 0.15) is 11.4 Å². The van der Waals surface area contributed by atoms with Crippen LogP contribution in [0.4, 0.5) is 11.4 Å². The van der Waals surface area contributed by atoms with Gasteiger partial charge in [0.05, 0.1) is 18.6 Å². The minimum atomic E-state index is -0.467. The van der Waals surface area contributed by atoms with Crippen molar-refractivity contribution in [3.8, 4) is 5.75 Å². The van der Waals surface area contributed by atoms with Crippen molar-refractivity contribution < 1.29 is 19.2 Å². The number of ether oxygens (including phenoxy) is 2. The van der Waals surface area contributed by atoms with Crippen LogP contribution in [-0.2, 0) is 11.3 Å². The third-order valence-corrected chi connectivity index (χ3v) is 5.50. The predicted molar refractivity (Wildman–Crippen MR) is 122 cm³/mol. The zero-order chi connectivity index (χ0) is 22.9. The van der Waals surface area contributed by atoms with E-state index < -0.39 is 4.92 Å². The van der Waals surface area contributed by atoms with Gasteiger partial charge in [-0.3, -0.25) is 19.8 Å². The lowest BCUT2D eigenvalue weighted by Crippen LogP contribution is -2.35. The van der Waals surface area contributed by atoms with E-state index in [1.54, 1.807) is 31.3 Å². The first-order valence-corrected chi connectivity index (χ1v) is 10.7. The van der Waals surface area contributed by atoms with Crippen molar-refractivity contribution in [1.82, 2.24) is 9.80 Å². The number of nitrogens with zero attached hydrogens (tertiary/aromatic N) is 3. The highest BCUT2D eigenvalue weighted by Gasteiger charge is 2.23. The number of carbonyl (C=O) groups excluding carboxylic acids is 1. The minimum absolute atomic E-state index is 0.108. The van der Waals surface area contributed by atoms with Crippen LogP contribution in [0.5, 0.6) is 5.75 Å². The number of nitrogens with one attached hydrogen (secondary N) is 1. The maximum atomic E-state index is 13.1. The molecule has 1 aliphatic heterocycles. The van der Waals surface area contributed by atoms with Gasteiger partial charge in [0.2, 0.25) is 0 Å². The molecule has 172 valence electrons. The summed E-state index contributed by atoms with van der Waals surface area (Å²) in [6.45, 7) is 4.52. The van der Waals surface area contributed by atoms with Crippen molar-refractivity contribution >= 4 is 17.3 Å². The maximum absolute atomic E-state index is 13.1. The molecule has 0 unspecified atom stereocenters. The lowest BCUT2D eigenvalue weighted by molar-refractivity contribution is -0.384. The summed E-state index contributed by atoms with van der Waals surface area (Å²) in [5.41, 5.74) is 1.79. The average molecular weight is 443 g/mol. The summed E-state index contributed by atoms with van der Waals surface area (Å²) in [5, 5.41) is 14.5. The summed E-state index contributed by atoms with van der Waals surface area (Å²) in [5.74, 6) is 0.651. The molecular weight excluding hydrogens is 412 g/mol. The third-order valence-electron chi connectivity index (χ3n) is 5.50. The molecule has 0 spiro atoms. The molecule has 1 N–H and O–H groups in total. The fourth-order valence-corrected chi connectivity index (χ4v) is 3.76. The molecule has 2 aromatic carbocycles. The van der Waals surface area contributed by atoms with Gasteiger partial charge < -0.3 is 19.7 Å². The Labute approximate surface area is 188 Å². The highest BCUT2D eigenvalue weighted by Crippen LogP contribution is 2.26. The molecule has 9 heteroatoms. The first-order chi connectivity index (χ1) is 15.5. The number of nitro benzene ring substituents is 1. The number of hydrogen-bond donors (Lipinski definition) is 1. The van der Waals surface area contributed by atoms with Gasteiger partial charge in [-0.1, -0.05) is 12.1 Å². The Morgan fingerprint density at radius 1 is 1.09 bits per heavy atom. The number of nitro groups is 1. The molecule has 9 nitrogen and oxygen atoms in total. The van der Waals surface area contributed by atoms with Gasteiger partial charge in [-0.15, -0.1) is 0 Å². The van der Waals surface area contributed by atoms with Crippen LogP contribution in [0.2, 0.25) is 0 Å². The molecule has 1 aliphatic rings. The van der Waals surface area contributed by atoms with E-state index in [0.717, 1.165) is 31.8 Å². The van der Waals surface area contributed by atoms with Crippen molar-refractivity contribution in [3.63, 3.8) is 0 Å². The summed E-state index contributed by atoms with van der Waals surface area (Å²) >= 11 is 0. The van der Waals surface area contributed by atoms with Gasteiger partial charge in [0, 0.05) is 58.0 Å². The molecule has 0 aromatic heterocycles. The molecule has 1 heterocycles. The number of anilines is 1. The van der Waals surface area contributed by atoms with Crippen LogP contribution in [0.3, 0.4) is 0 Å². The molecular formula is C23H30N4O5. The molecule has 1 fully saturated rings. The van der Waals surface area contributed by atoms with E-state index in [0.29, 0.717) is 37.5 Å². The van der Waals surface area contributed by atoms with Gasteiger partial charge in [-0.25, -0.2) is 0 Å². The Balaban J connectivity index is 1.63. The van der Waals surface area contributed by atoms with Gasteiger partial charge >= 0.3 is 0 Å². The Hall–Kier alpha value is -3.17. The average Bonchev–Trinajstić information content (AvgIpc) is 3.05. The molecule has 0 atom stereocenters. The fourth-order valence-electron chi connectivity index (χ4n) is 3.76. The van der Waals surface area contributed by atoms with Gasteiger partial charge in [0.25, 0.3) is 11.6 Å². The minimum Gasteiger partial charge on any atom is -0.497 e.